The maximum atomic E-state index is 5.87. The fourth-order valence-corrected chi connectivity index (χ4v) is 3.19. The summed E-state index contributed by atoms with van der Waals surface area (Å²) in [5.41, 5.74) is 4.14. The molecule has 0 amide bonds. The smallest absolute Gasteiger partial charge is 0.113 e. The third-order valence-electron chi connectivity index (χ3n) is 4.71. The Balaban J connectivity index is 1.53. The zero-order valence-corrected chi connectivity index (χ0v) is 14.9. The quantitative estimate of drug-likeness (QED) is 0.576. The summed E-state index contributed by atoms with van der Waals surface area (Å²) in [6.45, 7) is 1.56. The highest BCUT2D eigenvalue weighted by Crippen LogP contribution is 2.17. The van der Waals surface area contributed by atoms with E-state index in [4.69, 9.17) is 9.47 Å². The average molecular weight is 336 g/mol. The summed E-state index contributed by atoms with van der Waals surface area (Å²) in [6, 6.07) is 21.4. The fraction of sp³-hybridized carbons (Fsp3) is 0.391. The van der Waals surface area contributed by atoms with E-state index in [0.717, 1.165) is 45.1 Å². The molecular formula is C23H28O2. The van der Waals surface area contributed by atoms with Gasteiger partial charge in [-0.15, -0.1) is 0 Å². The van der Waals surface area contributed by atoms with E-state index in [1.807, 2.05) is 6.26 Å². The van der Waals surface area contributed by atoms with E-state index in [9.17, 15) is 0 Å². The van der Waals surface area contributed by atoms with E-state index in [1.165, 1.54) is 16.7 Å². The second-order valence-corrected chi connectivity index (χ2v) is 6.72. The second kappa shape index (κ2) is 10.0. The minimum absolute atomic E-state index is 0.278. The van der Waals surface area contributed by atoms with Crippen molar-refractivity contribution < 1.29 is 9.47 Å². The lowest BCUT2D eigenvalue weighted by atomic mass is 9.99. The molecular weight excluding hydrogens is 308 g/mol. The Bertz CT molecular complexity index is 582. The van der Waals surface area contributed by atoms with Crippen molar-refractivity contribution in [2.75, 3.05) is 13.2 Å². The van der Waals surface area contributed by atoms with Crippen LogP contribution in [0.25, 0.3) is 0 Å². The van der Waals surface area contributed by atoms with E-state index in [0.29, 0.717) is 6.61 Å². The van der Waals surface area contributed by atoms with Crippen molar-refractivity contribution >= 4 is 0 Å². The number of allylic oxidation sites excluding steroid dienone is 1. The molecule has 0 spiro atoms. The molecule has 1 aliphatic rings. The van der Waals surface area contributed by atoms with Crippen molar-refractivity contribution in [3.63, 3.8) is 0 Å². The lowest BCUT2D eigenvalue weighted by molar-refractivity contribution is 0.0512. The van der Waals surface area contributed by atoms with Gasteiger partial charge in [0.1, 0.15) is 6.61 Å². The molecule has 1 saturated heterocycles. The van der Waals surface area contributed by atoms with E-state index in [1.54, 1.807) is 0 Å². The van der Waals surface area contributed by atoms with E-state index >= 15 is 0 Å². The summed E-state index contributed by atoms with van der Waals surface area (Å²) >= 11 is 0. The second-order valence-electron chi connectivity index (χ2n) is 6.72. The molecule has 0 aliphatic carbocycles. The number of hydrogen-bond donors (Lipinski definition) is 0. The monoisotopic (exact) mass is 336 g/mol. The summed E-state index contributed by atoms with van der Waals surface area (Å²) in [5, 5.41) is 0. The summed E-state index contributed by atoms with van der Waals surface area (Å²) in [6.07, 6.45) is 8.76. The zero-order chi connectivity index (χ0) is 17.2. The number of ether oxygens (including phenoxy) is 2. The van der Waals surface area contributed by atoms with Gasteiger partial charge in [-0.25, -0.2) is 0 Å². The van der Waals surface area contributed by atoms with Crippen LogP contribution in [0.15, 0.2) is 72.5 Å². The molecule has 1 atom stereocenters. The first-order valence-corrected chi connectivity index (χ1v) is 9.39. The lowest BCUT2D eigenvalue weighted by Gasteiger charge is -2.12. The van der Waals surface area contributed by atoms with Crippen LogP contribution in [0, 0.1) is 0 Å². The Morgan fingerprint density at radius 1 is 0.920 bits per heavy atom. The molecule has 2 heteroatoms. The van der Waals surface area contributed by atoms with Crippen molar-refractivity contribution in [2.45, 2.75) is 44.6 Å². The fourth-order valence-electron chi connectivity index (χ4n) is 3.19. The minimum atomic E-state index is 0.278. The first kappa shape index (κ1) is 17.8. The maximum absolute atomic E-state index is 5.87. The molecule has 2 nitrogen and oxygen atoms in total. The normalized spacial score (nSPS) is 16.6. The van der Waals surface area contributed by atoms with Crippen molar-refractivity contribution in [3.05, 3.63) is 83.6 Å². The summed E-state index contributed by atoms with van der Waals surface area (Å²) in [5.74, 6) is 0. The first-order valence-electron chi connectivity index (χ1n) is 9.39. The van der Waals surface area contributed by atoms with E-state index in [-0.39, 0.29) is 6.10 Å². The number of aryl methyl sites for hydroxylation is 2. The minimum Gasteiger partial charge on any atom is -0.499 e. The van der Waals surface area contributed by atoms with Gasteiger partial charge in [-0.05, 0) is 55.2 Å². The van der Waals surface area contributed by atoms with Gasteiger partial charge in [0.15, 0.2) is 0 Å². The summed E-state index contributed by atoms with van der Waals surface area (Å²) < 4.78 is 11.5. The topological polar surface area (TPSA) is 18.5 Å². The molecule has 2 aromatic carbocycles. The molecule has 1 heterocycles. The number of hydrogen-bond acceptors (Lipinski definition) is 2. The predicted octanol–water partition coefficient (Wildman–Crippen LogP) is 5.33. The van der Waals surface area contributed by atoms with Gasteiger partial charge in [-0.3, -0.25) is 0 Å². The predicted molar refractivity (Wildman–Crippen MR) is 103 cm³/mol. The molecule has 1 aliphatic heterocycles. The zero-order valence-electron chi connectivity index (χ0n) is 14.9. The Morgan fingerprint density at radius 3 is 2.04 bits per heavy atom. The van der Waals surface area contributed by atoms with Gasteiger partial charge in [0.25, 0.3) is 0 Å². The highest BCUT2D eigenvalue weighted by Gasteiger charge is 2.15. The average Bonchev–Trinajstić information content (AvgIpc) is 3.19. The van der Waals surface area contributed by atoms with Crippen molar-refractivity contribution in [1.82, 2.24) is 0 Å². The van der Waals surface area contributed by atoms with Crippen molar-refractivity contribution in [2.24, 2.45) is 0 Å². The molecule has 0 saturated carbocycles. The highest BCUT2D eigenvalue weighted by atomic mass is 16.5. The van der Waals surface area contributed by atoms with Gasteiger partial charge in [0, 0.05) is 6.61 Å². The molecule has 0 bridgehead atoms. The van der Waals surface area contributed by atoms with Crippen LogP contribution < -0.4 is 0 Å². The van der Waals surface area contributed by atoms with Gasteiger partial charge < -0.3 is 9.47 Å². The highest BCUT2D eigenvalue weighted by molar-refractivity contribution is 5.19. The summed E-state index contributed by atoms with van der Waals surface area (Å²) in [4.78, 5) is 0. The van der Waals surface area contributed by atoms with E-state index in [2.05, 4.69) is 60.7 Å². The van der Waals surface area contributed by atoms with Crippen molar-refractivity contribution in [3.8, 4) is 0 Å². The van der Waals surface area contributed by atoms with Crippen LogP contribution in [-0.4, -0.2) is 19.3 Å². The Hall–Kier alpha value is -2.06. The molecule has 0 aromatic heterocycles. The molecule has 25 heavy (non-hydrogen) atoms. The Morgan fingerprint density at radius 2 is 1.52 bits per heavy atom. The van der Waals surface area contributed by atoms with Gasteiger partial charge in [0.05, 0.1) is 12.4 Å². The van der Waals surface area contributed by atoms with Gasteiger partial charge in [0.2, 0.25) is 0 Å². The Kier molecular flexibility index (Phi) is 7.14. The molecule has 132 valence electrons. The first-order chi connectivity index (χ1) is 12.4. The van der Waals surface area contributed by atoms with Crippen LogP contribution in [0.5, 0.6) is 0 Å². The lowest BCUT2D eigenvalue weighted by Crippen LogP contribution is -2.12. The molecule has 1 fully saturated rings. The van der Waals surface area contributed by atoms with Crippen LogP contribution in [-0.2, 0) is 22.3 Å². The number of benzene rings is 2. The maximum Gasteiger partial charge on any atom is 0.113 e. The van der Waals surface area contributed by atoms with Gasteiger partial charge in [-0.1, -0.05) is 60.7 Å². The van der Waals surface area contributed by atoms with Crippen LogP contribution >= 0.6 is 0 Å². The van der Waals surface area contributed by atoms with Gasteiger partial charge >= 0.3 is 0 Å². The molecule has 2 aromatic rings. The molecule has 0 radical (unpaired) electrons. The van der Waals surface area contributed by atoms with Crippen LogP contribution in [0.4, 0.5) is 0 Å². The van der Waals surface area contributed by atoms with Crippen LogP contribution in [0.3, 0.4) is 0 Å². The Labute approximate surface area is 151 Å². The van der Waals surface area contributed by atoms with Crippen LogP contribution in [0.2, 0.25) is 0 Å². The third kappa shape index (κ3) is 6.39. The van der Waals surface area contributed by atoms with Crippen LogP contribution in [0.1, 0.15) is 36.8 Å². The summed E-state index contributed by atoms with van der Waals surface area (Å²) in [7, 11) is 0. The SMILES string of the molecule is C(OCC1CCCO1)=C(CCc1ccccc1)CCc1ccccc1. The molecule has 1 unspecified atom stereocenters. The largest absolute Gasteiger partial charge is 0.499 e. The number of rotatable bonds is 9. The third-order valence-corrected chi connectivity index (χ3v) is 4.71. The van der Waals surface area contributed by atoms with Crippen molar-refractivity contribution in [1.29, 1.82) is 0 Å². The van der Waals surface area contributed by atoms with Gasteiger partial charge in [-0.2, -0.15) is 0 Å². The molecule has 0 N–H and O–H groups in total. The molecule has 3 rings (SSSR count). The standard InChI is InChI=1S/C23H28O2/c1-3-8-20(9-4-1)13-15-22(16-14-21-10-5-2-6-11-21)18-24-19-23-12-7-17-25-23/h1-6,8-11,18,23H,7,12-17,19H2. The van der Waals surface area contributed by atoms with E-state index < -0.39 is 0 Å².